The molecule has 1 aromatic carbocycles. The van der Waals surface area contributed by atoms with Crippen molar-refractivity contribution in [3.05, 3.63) is 52.5 Å². The van der Waals surface area contributed by atoms with E-state index in [0.717, 1.165) is 5.56 Å². The third kappa shape index (κ3) is 4.15. The Labute approximate surface area is 157 Å². The molecule has 2 aromatic heterocycles. The molecule has 0 saturated heterocycles. The average molecular weight is 369 g/mol. The van der Waals surface area contributed by atoms with E-state index in [9.17, 15) is 4.79 Å². The van der Waals surface area contributed by atoms with Crippen molar-refractivity contribution >= 4 is 16.7 Å². The van der Waals surface area contributed by atoms with E-state index >= 15 is 0 Å². The molecule has 3 rings (SSSR count). The predicted octanol–water partition coefficient (Wildman–Crippen LogP) is 2.66. The van der Waals surface area contributed by atoms with Gasteiger partial charge in [-0.25, -0.2) is 14.8 Å². The second kappa shape index (κ2) is 8.75. The molecule has 2 heterocycles. The average Bonchev–Trinajstić information content (AvgIpc) is 2.68. The van der Waals surface area contributed by atoms with Gasteiger partial charge < -0.3 is 18.8 Å². The highest BCUT2D eigenvalue weighted by molar-refractivity contribution is 5.82. The van der Waals surface area contributed by atoms with E-state index in [2.05, 4.69) is 9.97 Å². The number of fused-ring (bicyclic) bond motifs is 1. The lowest BCUT2D eigenvalue weighted by molar-refractivity contribution is 0.190. The van der Waals surface area contributed by atoms with Gasteiger partial charge in [0.2, 0.25) is 5.89 Å². The van der Waals surface area contributed by atoms with E-state index in [1.807, 2.05) is 36.1 Å². The number of aromatic nitrogens is 2. The molecule has 7 nitrogen and oxygen atoms in total. The number of hydrogen-bond acceptors (Lipinski definition) is 7. The highest BCUT2D eigenvalue weighted by Crippen LogP contribution is 2.28. The molecular weight excluding hydrogens is 346 g/mol. The van der Waals surface area contributed by atoms with Gasteiger partial charge in [-0.3, -0.25) is 0 Å². The van der Waals surface area contributed by atoms with Crippen LogP contribution in [0, 0.1) is 6.92 Å². The minimum atomic E-state index is -0.400. The lowest BCUT2D eigenvalue weighted by Crippen LogP contribution is -2.31. The summed E-state index contributed by atoms with van der Waals surface area (Å²) in [5.41, 5.74) is 1.71. The van der Waals surface area contributed by atoms with Crippen LogP contribution in [0.1, 0.15) is 5.56 Å². The van der Waals surface area contributed by atoms with Crippen LogP contribution in [0.15, 0.2) is 45.7 Å². The fourth-order valence-electron chi connectivity index (χ4n) is 2.94. The molecule has 0 saturated carbocycles. The molecule has 3 aromatic rings. The van der Waals surface area contributed by atoms with Crippen LogP contribution in [0.2, 0.25) is 0 Å². The second-order valence-electron chi connectivity index (χ2n) is 6.12. The molecular formula is C20H23N3O4. The summed E-state index contributed by atoms with van der Waals surface area (Å²) in [6.07, 6.45) is 1.70. The van der Waals surface area contributed by atoms with Crippen molar-refractivity contribution in [2.75, 3.05) is 45.4 Å². The maximum atomic E-state index is 12.5. The molecule has 0 aliphatic rings. The van der Waals surface area contributed by atoms with Crippen molar-refractivity contribution < 1.29 is 13.9 Å². The summed E-state index contributed by atoms with van der Waals surface area (Å²) < 4.78 is 16.0. The molecule has 0 radical (unpaired) electrons. The van der Waals surface area contributed by atoms with Crippen LogP contribution < -0.4 is 10.5 Å². The summed E-state index contributed by atoms with van der Waals surface area (Å²) in [5, 5.41) is 0.502. The van der Waals surface area contributed by atoms with Gasteiger partial charge in [0.25, 0.3) is 0 Å². The van der Waals surface area contributed by atoms with Crippen molar-refractivity contribution in [3.8, 4) is 11.5 Å². The van der Waals surface area contributed by atoms with Gasteiger partial charge >= 0.3 is 5.63 Å². The Bertz CT molecular complexity index is 963. The number of benzene rings is 1. The smallest absolute Gasteiger partial charge is 0.347 e. The summed E-state index contributed by atoms with van der Waals surface area (Å²) in [5.74, 6) is 0.926. The van der Waals surface area contributed by atoms with Gasteiger partial charge in [-0.2, -0.15) is 0 Å². The first-order chi connectivity index (χ1) is 13.2. The summed E-state index contributed by atoms with van der Waals surface area (Å²) >= 11 is 0. The number of pyridine rings is 1. The van der Waals surface area contributed by atoms with E-state index in [0.29, 0.717) is 48.6 Å². The van der Waals surface area contributed by atoms with Gasteiger partial charge in [0.1, 0.15) is 5.82 Å². The maximum Gasteiger partial charge on any atom is 0.347 e. The Kier molecular flexibility index (Phi) is 6.16. The molecule has 0 atom stereocenters. The first-order valence-electron chi connectivity index (χ1n) is 8.74. The normalized spacial score (nSPS) is 11.1. The third-order valence-electron chi connectivity index (χ3n) is 4.31. The van der Waals surface area contributed by atoms with Crippen molar-refractivity contribution in [3.63, 3.8) is 0 Å². The third-order valence-corrected chi connectivity index (χ3v) is 4.31. The highest BCUT2D eigenvalue weighted by atomic mass is 16.5. The van der Waals surface area contributed by atoms with Crippen LogP contribution in [-0.4, -0.2) is 50.5 Å². The summed E-state index contributed by atoms with van der Waals surface area (Å²) in [4.78, 5) is 23.6. The standard InChI is InChI=1S/C20H23N3O4/c1-14-6-4-8-16-17(14)20(24)27-19(22-16)15-7-5-9-21-18(15)23(10-12-25-2)11-13-26-3/h4-9H,10-13H2,1-3H3. The fraction of sp³-hybridized carbons (Fsp3) is 0.350. The van der Waals surface area contributed by atoms with E-state index in [1.165, 1.54) is 0 Å². The Hall–Kier alpha value is -2.77. The van der Waals surface area contributed by atoms with Crippen molar-refractivity contribution in [2.45, 2.75) is 6.92 Å². The van der Waals surface area contributed by atoms with Crippen LogP contribution >= 0.6 is 0 Å². The van der Waals surface area contributed by atoms with E-state index in [-0.39, 0.29) is 5.89 Å². The lowest BCUT2D eigenvalue weighted by atomic mass is 10.1. The molecule has 0 N–H and O–H groups in total. The zero-order valence-electron chi connectivity index (χ0n) is 15.8. The van der Waals surface area contributed by atoms with Crippen molar-refractivity contribution in [1.82, 2.24) is 9.97 Å². The van der Waals surface area contributed by atoms with Gasteiger partial charge in [-0.1, -0.05) is 12.1 Å². The number of nitrogens with zero attached hydrogens (tertiary/aromatic N) is 3. The lowest BCUT2D eigenvalue weighted by Gasteiger charge is -2.24. The largest absolute Gasteiger partial charge is 0.403 e. The Morgan fingerprint density at radius 3 is 2.52 bits per heavy atom. The molecule has 27 heavy (non-hydrogen) atoms. The molecule has 0 amide bonds. The number of methoxy groups -OCH3 is 2. The van der Waals surface area contributed by atoms with E-state index in [1.54, 1.807) is 26.5 Å². The first kappa shape index (κ1) is 19.0. The van der Waals surface area contributed by atoms with Crippen LogP contribution in [-0.2, 0) is 9.47 Å². The number of aryl methyl sites for hydroxylation is 1. The van der Waals surface area contributed by atoms with Gasteiger partial charge in [0, 0.05) is 33.5 Å². The van der Waals surface area contributed by atoms with Crippen LogP contribution in [0.3, 0.4) is 0 Å². The molecule has 142 valence electrons. The Morgan fingerprint density at radius 2 is 1.81 bits per heavy atom. The van der Waals surface area contributed by atoms with Crippen LogP contribution in [0.25, 0.3) is 22.4 Å². The molecule has 0 aliphatic carbocycles. The Balaban J connectivity index is 2.10. The molecule has 0 bridgehead atoms. The first-order valence-corrected chi connectivity index (χ1v) is 8.74. The molecule has 7 heteroatoms. The minimum absolute atomic E-state index is 0.251. The van der Waals surface area contributed by atoms with Crippen LogP contribution in [0.4, 0.5) is 5.82 Å². The topological polar surface area (TPSA) is 77.7 Å². The summed E-state index contributed by atoms with van der Waals surface area (Å²) in [6.45, 7) is 4.19. The fourth-order valence-corrected chi connectivity index (χ4v) is 2.94. The quantitative estimate of drug-likeness (QED) is 0.604. The number of hydrogen-bond donors (Lipinski definition) is 0. The molecule has 0 aliphatic heterocycles. The maximum absolute atomic E-state index is 12.5. The van der Waals surface area contributed by atoms with Crippen molar-refractivity contribution in [2.24, 2.45) is 0 Å². The SMILES string of the molecule is COCCN(CCOC)c1ncccc1-c1nc2cccc(C)c2c(=O)o1. The van der Waals surface area contributed by atoms with Crippen molar-refractivity contribution in [1.29, 1.82) is 0 Å². The zero-order valence-corrected chi connectivity index (χ0v) is 15.8. The van der Waals surface area contributed by atoms with Gasteiger partial charge in [-0.15, -0.1) is 0 Å². The van der Waals surface area contributed by atoms with E-state index < -0.39 is 5.63 Å². The zero-order chi connectivity index (χ0) is 19.2. The number of anilines is 1. The summed E-state index contributed by atoms with van der Waals surface area (Å²) in [7, 11) is 3.31. The van der Waals surface area contributed by atoms with Gasteiger partial charge in [0.05, 0.1) is 29.7 Å². The minimum Gasteiger partial charge on any atom is -0.403 e. The summed E-state index contributed by atoms with van der Waals surface area (Å²) in [6, 6.07) is 9.20. The second-order valence-corrected chi connectivity index (χ2v) is 6.12. The monoisotopic (exact) mass is 369 g/mol. The van der Waals surface area contributed by atoms with Gasteiger partial charge in [0.15, 0.2) is 0 Å². The Morgan fingerprint density at radius 1 is 1.07 bits per heavy atom. The number of ether oxygens (including phenoxy) is 2. The molecule has 0 fully saturated rings. The number of rotatable bonds is 8. The van der Waals surface area contributed by atoms with Crippen LogP contribution in [0.5, 0.6) is 0 Å². The van der Waals surface area contributed by atoms with Gasteiger partial charge in [-0.05, 0) is 30.7 Å². The molecule has 0 unspecified atom stereocenters. The molecule has 0 spiro atoms. The van der Waals surface area contributed by atoms with E-state index in [4.69, 9.17) is 13.9 Å². The highest BCUT2D eigenvalue weighted by Gasteiger charge is 2.18. The predicted molar refractivity (Wildman–Crippen MR) is 104 cm³/mol.